The Bertz CT molecular complexity index is 937. The molecule has 4 nitrogen and oxygen atoms in total. The Morgan fingerprint density at radius 3 is 2.42 bits per heavy atom. The Morgan fingerprint density at radius 1 is 1.08 bits per heavy atom. The fourth-order valence-electron chi connectivity index (χ4n) is 2.78. The maximum absolute atomic E-state index is 11.4. The minimum absolute atomic E-state index is 0.323. The van der Waals surface area contributed by atoms with E-state index in [1.165, 1.54) is 6.08 Å². The molecule has 3 rings (SSSR count). The number of carbonyl (C=O) groups excluding carboxylic acids is 1. The highest BCUT2D eigenvalue weighted by atomic mass is 16.5. The van der Waals surface area contributed by atoms with Crippen molar-refractivity contribution in [3.05, 3.63) is 77.6 Å². The van der Waals surface area contributed by atoms with Gasteiger partial charge in [0.15, 0.2) is 0 Å². The SMILES string of the molecule is CCOC(=O)C=Cc1ccc(-c2ccc(-n3ccc(C)n3)c(C)c2)cc1. The third-order valence-electron chi connectivity index (χ3n) is 4.11. The first-order valence-corrected chi connectivity index (χ1v) is 8.65. The number of hydrogen-bond donors (Lipinski definition) is 0. The number of ether oxygens (including phenoxy) is 1. The summed E-state index contributed by atoms with van der Waals surface area (Å²) < 4.78 is 6.79. The molecule has 0 aliphatic rings. The van der Waals surface area contributed by atoms with Gasteiger partial charge in [0, 0.05) is 12.3 Å². The zero-order valence-corrected chi connectivity index (χ0v) is 15.3. The largest absolute Gasteiger partial charge is 0.463 e. The van der Waals surface area contributed by atoms with Crippen LogP contribution in [0.2, 0.25) is 0 Å². The summed E-state index contributed by atoms with van der Waals surface area (Å²) in [6.45, 7) is 6.25. The topological polar surface area (TPSA) is 44.1 Å². The fourth-order valence-corrected chi connectivity index (χ4v) is 2.78. The van der Waals surface area contributed by atoms with Gasteiger partial charge in [0.05, 0.1) is 18.0 Å². The lowest BCUT2D eigenvalue weighted by Crippen LogP contribution is -1.98. The molecule has 0 aliphatic heterocycles. The number of carbonyl (C=O) groups is 1. The highest BCUT2D eigenvalue weighted by Crippen LogP contribution is 2.24. The Balaban J connectivity index is 1.79. The summed E-state index contributed by atoms with van der Waals surface area (Å²) in [7, 11) is 0. The van der Waals surface area contributed by atoms with Crippen LogP contribution in [0.15, 0.2) is 60.8 Å². The van der Waals surface area contributed by atoms with E-state index < -0.39 is 0 Å². The average Bonchev–Trinajstić information content (AvgIpc) is 3.06. The van der Waals surface area contributed by atoms with Gasteiger partial charge in [0.2, 0.25) is 0 Å². The quantitative estimate of drug-likeness (QED) is 0.495. The molecule has 0 spiro atoms. The van der Waals surface area contributed by atoms with Crippen molar-refractivity contribution >= 4 is 12.0 Å². The van der Waals surface area contributed by atoms with Crippen molar-refractivity contribution in [2.45, 2.75) is 20.8 Å². The molecule has 132 valence electrons. The van der Waals surface area contributed by atoms with Crippen LogP contribution in [0.3, 0.4) is 0 Å². The van der Waals surface area contributed by atoms with Gasteiger partial charge >= 0.3 is 5.97 Å². The molecule has 4 heteroatoms. The van der Waals surface area contributed by atoms with Crippen LogP contribution in [0, 0.1) is 13.8 Å². The zero-order chi connectivity index (χ0) is 18.5. The molecule has 0 saturated heterocycles. The van der Waals surface area contributed by atoms with E-state index in [9.17, 15) is 4.79 Å². The van der Waals surface area contributed by atoms with Crippen molar-refractivity contribution in [3.63, 3.8) is 0 Å². The number of aromatic nitrogens is 2. The van der Waals surface area contributed by atoms with Gasteiger partial charge in [-0.25, -0.2) is 9.48 Å². The molecule has 0 radical (unpaired) electrons. The summed E-state index contributed by atoms with van der Waals surface area (Å²) >= 11 is 0. The second kappa shape index (κ2) is 7.83. The molecular formula is C22H22N2O2. The predicted octanol–water partition coefficient (Wildman–Crippen LogP) is 4.73. The highest BCUT2D eigenvalue weighted by molar-refractivity contribution is 5.87. The van der Waals surface area contributed by atoms with Crippen molar-refractivity contribution in [2.24, 2.45) is 0 Å². The summed E-state index contributed by atoms with van der Waals surface area (Å²) in [6.07, 6.45) is 5.18. The molecule has 0 fully saturated rings. The van der Waals surface area contributed by atoms with Gasteiger partial charge in [0.1, 0.15) is 0 Å². The lowest BCUT2D eigenvalue weighted by molar-refractivity contribution is -0.137. The molecule has 0 aliphatic carbocycles. The Hall–Kier alpha value is -3.14. The second-order valence-electron chi connectivity index (χ2n) is 6.11. The van der Waals surface area contributed by atoms with Crippen LogP contribution in [0.1, 0.15) is 23.7 Å². The average molecular weight is 346 g/mol. The molecular weight excluding hydrogens is 324 g/mol. The zero-order valence-electron chi connectivity index (χ0n) is 15.3. The van der Waals surface area contributed by atoms with Crippen molar-refractivity contribution in [1.82, 2.24) is 9.78 Å². The number of rotatable bonds is 5. The summed E-state index contributed by atoms with van der Waals surface area (Å²) in [6, 6.07) is 16.4. The predicted molar refractivity (Wildman–Crippen MR) is 104 cm³/mol. The number of aryl methyl sites for hydroxylation is 2. The first-order valence-electron chi connectivity index (χ1n) is 8.65. The van der Waals surface area contributed by atoms with E-state index >= 15 is 0 Å². The van der Waals surface area contributed by atoms with Gasteiger partial charge in [0.25, 0.3) is 0 Å². The third-order valence-corrected chi connectivity index (χ3v) is 4.11. The Morgan fingerprint density at radius 2 is 1.81 bits per heavy atom. The smallest absolute Gasteiger partial charge is 0.330 e. The van der Waals surface area contributed by atoms with E-state index in [2.05, 4.69) is 42.4 Å². The van der Waals surface area contributed by atoms with Crippen LogP contribution < -0.4 is 0 Å². The van der Waals surface area contributed by atoms with Gasteiger partial charge in [-0.2, -0.15) is 5.10 Å². The Kier molecular flexibility index (Phi) is 5.32. The third kappa shape index (κ3) is 4.09. The van der Waals surface area contributed by atoms with E-state index in [0.717, 1.165) is 33.6 Å². The maximum Gasteiger partial charge on any atom is 0.330 e. The molecule has 0 bridgehead atoms. The van der Waals surface area contributed by atoms with E-state index in [0.29, 0.717) is 6.61 Å². The monoisotopic (exact) mass is 346 g/mol. The molecule has 0 amide bonds. The van der Waals surface area contributed by atoms with E-state index in [-0.39, 0.29) is 5.97 Å². The molecule has 0 saturated carbocycles. The van der Waals surface area contributed by atoms with Gasteiger partial charge in [-0.3, -0.25) is 0 Å². The molecule has 1 heterocycles. The summed E-state index contributed by atoms with van der Waals surface area (Å²) in [4.78, 5) is 11.4. The minimum Gasteiger partial charge on any atom is -0.463 e. The number of benzene rings is 2. The molecule has 1 aromatic heterocycles. The van der Waals surface area contributed by atoms with Gasteiger partial charge in [-0.1, -0.05) is 30.3 Å². The van der Waals surface area contributed by atoms with Crippen LogP contribution in [-0.2, 0) is 9.53 Å². The standard InChI is InChI=1S/C22H22N2O2/c1-4-26-22(25)12-7-18-5-8-19(9-6-18)20-10-11-21(16(2)15-20)24-14-13-17(3)23-24/h5-15H,4H2,1-3H3. The van der Waals surface area contributed by atoms with E-state index in [1.807, 2.05) is 36.0 Å². The highest BCUT2D eigenvalue weighted by Gasteiger charge is 2.05. The number of hydrogen-bond acceptors (Lipinski definition) is 3. The van der Waals surface area contributed by atoms with Crippen molar-refractivity contribution in [3.8, 4) is 16.8 Å². The van der Waals surface area contributed by atoms with Gasteiger partial charge in [-0.05, 0) is 67.3 Å². The first-order chi connectivity index (χ1) is 12.6. The summed E-state index contributed by atoms with van der Waals surface area (Å²) in [5.74, 6) is -0.323. The van der Waals surface area contributed by atoms with E-state index in [4.69, 9.17) is 4.74 Å². The van der Waals surface area contributed by atoms with Crippen LogP contribution in [0.4, 0.5) is 0 Å². The number of esters is 1. The van der Waals surface area contributed by atoms with Crippen molar-refractivity contribution in [1.29, 1.82) is 0 Å². The molecule has 0 atom stereocenters. The van der Waals surface area contributed by atoms with Crippen LogP contribution in [-0.4, -0.2) is 22.4 Å². The normalized spacial score (nSPS) is 11.0. The van der Waals surface area contributed by atoms with Gasteiger partial charge < -0.3 is 4.74 Å². The van der Waals surface area contributed by atoms with Gasteiger partial charge in [-0.15, -0.1) is 0 Å². The van der Waals surface area contributed by atoms with Crippen molar-refractivity contribution in [2.75, 3.05) is 6.61 Å². The lowest BCUT2D eigenvalue weighted by atomic mass is 10.0. The second-order valence-corrected chi connectivity index (χ2v) is 6.11. The first kappa shape index (κ1) is 17.7. The van der Waals surface area contributed by atoms with Crippen LogP contribution >= 0.6 is 0 Å². The molecule has 2 aromatic carbocycles. The summed E-state index contributed by atoms with van der Waals surface area (Å²) in [5.41, 5.74) is 6.48. The fraction of sp³-hybridized carbons (Fsp3) is 0.182. The molecule has 3 aromatic rings. The minimum atomic E-state index is -0.323. The number of nitrogens with zero attached hydrogens (tertiary/aromatic N) is 2. The van der Waals surface area contributed by atoms with Crippen molar-refractivity contribution < 1.29 is 9.53 Å². The summed E-state index contributed by atoms with van der Waals surface area (Å²) in [5, 5.41) is 4.47. The molecule has 0 unspecified atom stereocenters. The van der Waals surface area contributed by atoms with E-state index in [1.54, 1.807) is 13.0 Å². The molecule has 26 heavy (non-hydrogen) atoms. The van der Waals surface area contributed by atoms with Crippen LogP contribution in [0.5, 0.6) is 0 Å². The lowest BCUT2D eigenvalue weighted by Gasteiger charge is -2.09. The maximum atomic E-state index is 11.4. The Labute approximate surface area is 153 Å². The van der Waals surface area contributed by atoms with Crippen LogP contribution in [0.25, 0.3) is 22.9 Å². The molecule has 0 N–H and O–H groups in total.